The van der Waals surface area contributed by atoms with Crippen LogP contribution >= 0.6 is 0 Å². The fourth-order valence-electron chi connectivity index (χ4n) is 2.05. The highest BCUT2D eigenvalue weighted by Gasteiger charge is 2.12. The third kappa shape index (κ3) is 2.96. The molecule has 0 bridgehead atoms. The van der Waals surface area contributed by atoms with Gasteiger partial charge in [-0.2, -0.15) is 5.26 Å². The van der Waals surface area contributed by atoms with E-state index in [0.717, 1.165) is 44.0 Å². The van der Waals surface area contributed by atoms with Crippen LogP contribution in [-0.4, -0.2) is 38.2 Å². The van der Waals surface area contributed by atoms with Crippen LogP contribution in [0.3, 0.4) is 0 Å². The number of benzene rings is 1. The van der Waals surface area contributed by atoms with Crippen LogP contribution in [0.1, 0.15) is 11.1 Å². The first-order valence-corrected chi connectivity index (χ1v) is 5.83. The van der Waals surface area contributed by atoms with Crippen molar-refractivity contribution in [1.29, 1.82) is 5.26 Å². The Bertz CT molecular complexity index is 419. The number of hydrogen-bond donors (Lipinski definition) is 1. The maximum absolute atomic E-state index is 8.85. The summed E-state index contributed by atoms with van der Waals surface area (Å²) in [4.78, 5) is 2.39. The molecule has 0 aliphatic carbocycles. The fraction of sp³-hybridized carbons (Fsp3) is 0.462. The molecule has 1 aromatic carbocycles. The van der Waals surface area contributed by atoms with E-state index in [2.05, 4.69) is 16.3 Å². The minimum Gasteiger partial charge on any atom is -0.496 e. The summed E-state index contributed by atoms with van der Waals surface area (Å²) >= 11 is 0. The maximum atomic E-state index is 8.85. The Morgan fingerprint density at radius 1 is 1.41 bits per heavy atom. The Morgan fingerprint density at radius 3 is 2.82 bits per heavy atom. The van der Waals surface area contributed by atoms with Gasteiger partial charge >= 0.3 is 0 Å². The lowest BCUT2D eigenvalue weighted by Gasteiger charge is -2.27. The first-order chi connectivity index (χ1) is 8.33. The van der Waals surface area contributed by atoms with Crippen molar-refractivity contribution in [3.63, 3.8) is 0 Å². The monoisotopic (exact) mass is 231 g/mol. The molecule has 1 aromatic rings. The second-order valence-corrected chi connectivity index (χ2v) is 4.16. The van der Waals surface area contributed by atoms with E-state index in [0.29, 0.717) is 5.56 Å². The van der Waals surface area contributed by atoms with E-state index in [1.54, 1.807) is 13.2 Å². The number of nitriles is 1. The lowest BCUT2D eigenvalue weighted by Crippen LogP contribution is -2.42. The van der Waals surface area contributed by atoms with Crippen molar-refractivity contribution in [2.75, 3.05) is 33.3 Å². The minimum atomic E-state index is 0.644. The lowest BCUT2D eigenvalue weighted by atomic mass is 10.1. The normalized spacial score (nSPS) is 16.5. The van der Waals surface area contributed by atoms with E-state index in [9.17, 15) is 0 Å². The van der Waals surface area contributed by atoms with Gasteiger partial charge in [-0.15, -0.1) is 0 Å². The zero-order chi connectivity index (χ0) is 12.1. The molecule has 1 fully saturated rings. The summed E-state index contributed by atoms with van der Waals surface area (Å²) in [5, 5.41) is 12.2. The van der Waals surface area contributed by atoms with E-state index >= 15 is 0 Å². The van der Waals surface area contributed by atoms with Gasteiger partial charge in [-0.25, -0.2) is 0 Å². The summed E-state index contributed by atoms with van der Waals surface area (Å²) in [7, 11) is 1.65. The van der Waals surface area contributed by atoms with Crippen LogP contribution in [-0.2, 0) is 6.54 Å². The number of hydrogen-bond acceptors (Lipinski definition) is 4. The summed E-state index contributed by atoms with van der Waals surface area (Å²) in [5.41, 5.74) is 1.79. The molecule has 0 aromatic heterocycles. The van der Waals surface area contributed by atoms with Gasteiger partial charge in [-0.1, -0.05) is 6.07 Å². The number of methoxy groups -OCH3 is 1. The van der Waals surface area contributed by atoms with Gasteiger partial charge in [-0.3, -0.25) is 4.90 Å². The highest BCUT2D eigenvalue weighted by atomic mass is 16.5. The molecule has 2 rings (SSSR count). The van der Waals surface area contributed by atoms with Crippen molar-refractivity contribution < 1.29 is 4.74 Å². The molecule has 0 spiro atoms. The van der Waals surface area contributed by atoms with E-state index in [1.807, 2.05) is 12.1 Å². The van der Waals surface area contributed by atoms with Crippen molar-refractivity contribution in [3.05, 3.63) is 29.3 Å². The summed E-state index contributed by atoms with van der Waals surface area (Å²) in [6.07, 6.45) is 0. The predicted octanol–water partition coefficient (Wildman–Crippen LogP) is 0.972. The van der Waals surface area contributed by atoms with Gasteiger partial charge in [0.25, 0.3) is 0 Å². The molecule has 0 amide bonds. The van der Waals surface area contributed by atoms with Crippen LogP contribution in [0.25, 0.3) is 0 Å². The van der Waals surface area contributed by atoms with Crippen molar-refractivity contribution >= 4 is 0 Å². The van der Waals surface area contributed by atoms with E-state index in [1.165, 1.54) is 0 Å². The zero-order valence-corrected chi connectivity index (χ0v) is 10.1. The number of piperazine rings is 1. The average Bonchev–Trinajstić information content (AvgIpc) is 2.40. The molecule has 1 heterocycles. The van der Waals surface area contributed by atoms with Crippen LogP contribution in [0.4, 0.5) is 0 Å². The summed E-state index contributed by atoms with van der Waals surface area (Å²) in [6, 6.07) is 7.76. The van der Waals surface area contributed by atoms with Gasteiger partial charge in [0, 0.05) is 38.3 Å². The quantitative estimate of drug-likeness (QED) is 0.842. The molecule has 0 atom stereocenters. The molecule has 1 aliphatic heterocycles. The summed E-state index contributed by atoms with van der Waals surface area (Å²) in [6.45, 7) is 5.08. The van der Waals surface area contributed by atoms with Gasteiger partial charge in [0.2, 0.25) is 0 Å². The second kappa shape index (κ2) is 5.67. The highest BCUT2D eigenvalue weighted by molar-refractivity contribution is 5.42. The maximum Gasteiger partial charge on any atom is 0.124 e. The molecule has 1 N–H and O–H groups in total. The first kappa shape index (κ1) is 11.9. The van der Waals surface area contributed by atoms with Gasteiger partial charge in [0.1, 0.15) is 5.75 Å². The Morgan fingerprint density at radius 2 is 2.18 bits per heavy atom. The number of nitrogens with zero attached hydrogens (tertiary/aromatic N) is 2. The van der Waals surface area contributed by atoms with Crippen molar-refractivity contribution in [1.82, 2.24) is 10.2 Å². The third-order valence-corrected chi connectivity index (χ3v) is 3.02. The molecule has 17 heavy (non-hydrogen) atoms. The molecule has 4 heteroatoms. The molecule has 0 radical (unpaired) electrons. The van der Waals surface area contributed by atoms with Crippen molar-refractivity contribution in [2.45, 2.75) is 6.54 Å². The van der Waals surface area contributed by atoms with Crippen LogP contribution in [0.5, 0.6) is 5.75 Å². The Hall–Kier alpha value is -1.57. The minimum absolute atomic E-state index is 0.644. The molecular weight excluding hydrogens is 214 g/mol. The topological polar surface area (TPSA) is 48.3 Å². The molecule has 90 valence electrons. The second-order valence-electron chi connectivity index (χ2n) is 4.16. The molecule has 0 unspecified atom stereocenters. The van der Waals surface area contributed by atoms with Gasteiger partial charge in [-0.05, 0) is 12.1 Å². The smallest absolute Gasteiger partial charge is 0.124 e. The van der Waals surface area contributed by atoms with E-state index < -0.39 is 0 Å². The van der Waals surface area contributed by atoms with Crippen molar-refractivity contribution in [2.24, 2.45) is 0 Å². The standard InChI is InChI=1S/C13H17N3O/c1-17-13-8-11(9-14)2-3-12(13)10-16-6-4-15-5-7-16/h2-3,8,15H,4-7,10H2,1H3. The Balaban J connectivity index is 2.11. The van der Waals surface area contributed by atoms with E-state index in [-0.39, 0.29) is 0 Å². The summed E-state index contributed by atoms with van der Waals surface area (Å²) < 4.78 is 5.34. The van der Waals surface area contributed by atoms with Crippen molar-refractivity contribution in [3.8, 4) is 11.8 Å². The number of ether oxygens (including phenoxy) is 1. The molecule has 4 nitrogen and oxygen atoms in total. The predicted molar refractivity (Wildman–Crippen MR) is 65.9 cm³/mol. The SMILES string of the molecule is COc1cc(C#N)ccc1CN1CCNCC1. The van der Waals surface area contributed by atoms with Gasteiger partial charge < -0.3 is 10.1 Å². The van der Waals surface area contributed by atoms with Crippen LogP contribution < -0.4 is 10.1 Å². The fourth-order valence-corrected chi connectivity index (χ4v) is 2.05. The van der Waals surface area contributed by atoms with Crippen LogP contribution in [0.15, 0.2) is 18.2 Å². The molecular formula is C13H17N3O. The summed E-state index contributed by atoms with van der Waals surface area (Å²) in [5.74, 6) is 0.808. The molecule has 1 aliphatic rings. The highest BCUT2D eigenvalue weighted by Crippen LogP contribution is 2.21. The Labute approximate surface area is 102 Å². The van der Waals surface area contributed by atoms with Gasteiger partial charge in [0.05, 0.1) is 18.7 Å². The Kier molecular flexibility index (Phi) is 3.97. The molecule has 1 saturated heterocycles. The molecule has 0 saturated carbocycles. The van der Waals surface area contributed by atoms with Crippen LogP contribution in [0, 0.1) is 11.3 Å². The zero-order valence-electron chi connectivity index (χ0n) is 10.1. The van der Waals surface area contributed by atoms with Crippen LogP contribution in [0.2, 0.25) is 0 Å². The largest absolute Gasteiger partial charge is 0.496 e. The number of rotatable bonds is 3. The van der Waals surface area contributed by atoms with E-state index in [4.69, 9.17) is 10.00 Å². The number of nitrogens with one attached hydrogen (secondary N) is 1. The first-order valence-electron chi connectivity index (χ1n) is 5.83. The third-order valence-electron chi connectivity index (χ3n) is 3.02. The lowest BCUT2D eigenvalue weighted by molar-refractivity contribution is 0.230. The van der Waals surface area contributed by atoms with Gasteiger partial charge in [0.15, 0.2) is 0 Å². The average molecular weight is 231 g/mol.